The molecule has 1 N–H and O–H groups in total. The number of anilines is 1. The lowest BCUT2D eigenvalue weighted by Crippen LogP contribution is -2.12. The lowest BCUT2D eigenvalue weighted by Gasteiger charge is -2.17. The maximum absolute atomic E-state index is 5.50. The summed E-state index contributed by atoms with van der Waals surface area (Å²) in [6, 6.07) is 4.63. The Morgan fingerprint density at radius 2 is 1.73 bits per heavy atom. The zero-order chi connectivity index (χ0) is 11.4. The van der Waals surface area contributed by atoms with E-state index in [9.17, 15) is 0 Å². The molecule has 2 nitrogen and oxygen atoms in total. The zero-order valence-electron chi connectivity index (χ0n) is 10.3. The first-order valence-electron chi connectivity index (χ1n) is 5.55. The van der Waals surface area contributed by atoms with E-state index in [0.717, 1.165) is 12.4 Å². The molecule has 0 heterocycles. The van der Waals surface area contributed by atoms with Crippen molar-refractivity contribution in [1.82, 2.24) is 0 Å². The van der Waals surface area contributed by atoms with Crippen molar-refractivity contribution in [2.45, 2.75) is 40.7 Å². The second-order valence-corrected chi connectivity index (χ2v) is 4.16. The van der Waals surface area contributed by atoms with Crippen LogP contribution < -0.4 is 10.1 Å². The Morgan fingerprint density at radius 1 is 1.20 bits per heavy atom. The molecule has 0 atom stereocenters. The minimum atomic E-state index is 0.459. The van der Waals surface area contributed by atoms with Gasteiger partial charge in [0.15, 0.2) is 0 Å². The van der Waals surface area contributed by atoms with E-state index in [1.807, 2.05) is 6.92 Å². The minimum Gasteiger partial charge on any atom is -0.494 e. The molecule has 0 saturated carbocycles. The third kappa shape index (κ3) is 3.15. The summed E-state index contributed by atoms with van der Waals surface area (Å²) in [6.45, 7) is 11.2. The van der Waals surface area contributed by atoms with Crippen molar-refractivity contribution in [3.63, 3.8) is 0 Å². The SMILES string of the molecule is CCOc1cc(C)c(NC(C)C)c(C)c1. The zero-order valence-corrected chi connectivity index (χ0v) is 10.3. The average molecular weight is 207 g/mol. The van der Waals surface area contributed by atoms with Crippen molar-refractivity contribution >= 4 is 5.69 Å². The molecule has 1 rings (SSSR count). The molecule has 1 aromatic rings. The molecule has 0 spiro atoms. The van der Waals surface area contributed by atoms with Crippen LogP contribution in [-0.4, -0.2) is 12.6 Å². The highest BCUT2D eigenvalue weighted by Gasteiger charge is 2.06. The molecular formula is C13H21NO. The first-order chi connectivity index (χ1) is 7.04. The Morgan fingerprint density at radius 3 is 2.13 bits per heavy atom. The highest BCUT2D eigenvalue weighted by Crippen LogP contribution is 2.26. The molecule has 2 heteroatoms. The van der Waals surface area contributed by atoms with Crippen molar-refractivity contribution < 1.29 is 4.74 Å². The van der Waals surface area contributed by atoms with E-state index in [-0.39, 0.29) is 0 Å². The van der Waals surface area contributed by atoms with Gasteiger partial charge in [0.2, 0.25) is 0 Å². The van der Waals surface area contributed by atoms with Crippen molar-refractivity contribution in [3.8, 4) is 5.75 Å². The normalized spacial score (nSPS) is 10.5. The molecule has 1 aromatic carbocycles. The first kappa shape index (κ1) is 11.9. The Balaban J connectivity index is 2.98. The number of benzene rings is 1. The summed E-state index contributed by atoms with van der Waals surface area (Å²) in [5, 5.41) is 3.46. The minimum absolute atomic E-state index is 0.459. The van der Waals surface area contributed by atoms with Crippen LogP contribution in [0.3, 0.4) is 0 Å². The fourth-order valence-electron chi connectivity index (χ4n) is 1.69. The van der Waals surface area contributed by atoms with E-state index >= 15 is 0 Å². The molecule has 0 unspecified atom stereocenters. The molecule has 0 fully saturated rings. The highest BCUT2D eigenvalue weighted by atomic mass is 16.5. The molecule has 0 aliphatic heterocycles. The lowest BCUT2D eigenvalue weighted by molar-refractivity contribution is 0.340. The quantitative estimate of drug-likeness (QED) is 0.815. The van der Waals surface area contributed by atoms with Gasteiger partial charge in [0.1, 0.15) is 5.75 Å². The van der Waals surface area contributed by atoms with E-state index in [4.69, 9.17) is 4.74 Å². The summed E-state index contributed by atoms with van der Waals surface area (Å²) < 4.78 is 5.50. The van der Waals surface area contributed by atoms with Crippen molar-refractivity contribution in [3.05, 3.63) is 23.3 Å². The molecule has 0 aliphatic carbocycles. The van der Waals surface area contributed by atoms with E-state index in [2.05, 4.69) is 45.1 Å². The smallest absolute Gasteiger partial charge is 0.119 e. The van der Waals surface area contributed by atoms with Gasteiger partial charge in [-0.2, -0.15) is 0 Å². The summed E-state index contributed by atoms with van der Waals surface area (Å²) in [7, 11) is 0. The number of rotatable bonds is 4. The van der Waals surface area contributed by atoms with Crippen LogP contribution in [0, 0.1) is 13.8 Å². The van der Waals surface area contributed by atoms with Crippen LogP contribution in [-0.2, 0) is 0 Å². The van der Waals surface area contributed by atoms with E-state index in [1.54, 1.807) is 0 Å². The number of hydrogen-bond acceptors (Lipinski definition) is 2. The Kier molecular flexibility index (Phi) is 4.01. The van der Waals surface area contributed by atoms with Gasteiger partial charge in [0.25, 0.3) is 0 Å². The summed E-state index contributed by atoms with van der Waals surface area (Å²) in [5.74, 6) is 0.960. The Bertz CT molecular complexity index is 308. The molecule has 84 valence electrons. The van der Waals surface area contributed by atoms with Crippen molar-refractivity contribution in [1.29, 1.82) is 0 Å². The largest absolute Gasteiger partial charge is 0.494 e. The number of aryl methyl sites for hydroxylation is 2. The average Bonchev–Trinajstić information content (AvgIpc) is 2.11. The standard InChI is InChI=1S/C13H21NO/c1-6-15-12-7-10(4)13(11(5)8-12)14-9(2)3/h7-9,14H,6H2,1-5H3. The number of nitrogens with one attached hydrogen (secondary N) is 1. The summed E-state index contributed by atoms with van der Waals surface area (Å²) in [5.41, 5.74) is 3.72. The fraction of sp³-hybridized carbons (Fsp3) is 0.538. The van der Waals surface area contributed by atoms with Crippen LogP contribution >= 0.6 is 0 Å². The maximum Gasteiger partial charge on any atom is 0.119 e. The molecular weight excluding hydrogens is 186 g/mol. The monoisotopic (exact) mass is 207 g/mol. The topological polar surface area (TPSA) is 21.3 Å². The Hall–Kier alpha value is -1.18. The number of hydrogen-bond donors (Lipinski definition) is 1. The molecule has 0 aromatic heterocycles. The van der Waals surface area contributed by atoms with E-state index in [0.29, 0.717) is 6.04 Å². The van der Waals surface area contributed by atoms with E-state index in [1.165, 1.54) is 16.8 Å². The summed E-state index contributed by atoms with van der Waals surface area (Å²) in [4.78, 5) is 0. The highest BCUT2D eigenvalue weighted by molar-refractivity contribution is 5.60. The molecule has 0 radical (unpaired) electrons. The maximum atomic E-state index is 5.50. The van der Waals surface area contributed by atoms with Crippen LogP contribution in [0.15, 0.2) is 12.1 Å². The van der Waals surface area contributed by atoms with Crippen LogP contribution in [0.25, 0.3) is 0 Å². The van der Waals surface area contributed by atoms with Crippen LogP contribution in [0.1, 0.15) is 31.9 Å². The van der Waals surface area contributed by atoms with Gasteiger partial charge in [-0.1, -0.05) is 0 Å². The third-order valence-corrected chi connectivity index (χ3v) is 2.25. The van der Waals surface area contributed by atoms with Gasteiger partial charge < -0.3 is 10.1 Å². The number of ether oxygens (including phenoxy) is 1. The van der Waals surface area contributed by atoms with Gasteiger partial charge in [-0.3, -0.25) is 0 Å². The lowest BCUT2D eigenvalue weighted by atomic mass is 10.1. The molecule has 0 aliphatic rings. The fourth-order valence-corrected chi connectivity index (χ4v) is 1.69. The summed E-state index contributed by atoms with van der Waals surface area (Å²) >= 11 is 0. The van der Waals surface area contributed by atoms with Crippen molar-refractivity contribution in [2.24, 2.45) is 0 Å². The predicted molar refractivity (Wildman–Crippen MR) is 65.8 cm³/mol. The second kappa shape index (κ2) is 5.06. The van der Waals surface area contributed by atoms with Gasteiger partial charge in [0, 0.05) is 11.7 Å². The predicted octanol–water partition coefficient (Wildman–Crippen LogP) is 3.52. The third-order valence-electron chi connectivity index (χ3n) is 2.25. The van der Waals surface area contributed by atoms with Gasteiger partial charge in [-0.15, -0.1) is 0 Å². The van der Waals surface area contributed by atoms with Crippen LogP contribution in [0.5, 0.6) is 5.75 Å². The van der Waals surface area contributed by atoms with Crippen molar-refractivity contribution in [2.75, 3.05) is 11.9 Å². The summed E-state index contributed by atoms with van der Waals surface area (Å²) in [6.07, 6.45) is 0. The van der Waals surface area contributed by atoms with Crippen LogP contribution in [0.2, 0.25) is 0 Å². The van der Waals surface area contributed by atoms with Gasteiger partial charge in [-0.05, 0) is 57.9 Å². The van der Waals surface area contributed by atoms with Crippen LogP contribution in [0.4, 0.5) is 5.69 Å². The van der Waals surface area contributed by atoms with Gasteiger partial charge >= 0.3 is 0 Å². The molecule has 0 saturated heterocycles. The Labute approximate surface area is 92.6 Å². The second-order valence-electron chi connectivity index (χ2n) is 4.16. The molecule has 0 amide bonds. The first-order valence-corrected chi connectivity index (χ1v) is 5.55. The molecule has 15 heavy (non-hydrogen) atoms. The van der Waals surface area contributed by atoms with E-state index < -0.39 is 0 Å². The molecule has 0 bridgehead atoms. The van der Waals surface area contributed by atoms with Gasteiger partial charge in [0.05, 0.1) is 6.61 Å². The van der Waals surface area contributed by atoms with Gasteiger partial charge in [-0.25, -0.2) is 0 Å².